The molecule has 3 rings (SSSR count). The summed E-state index contributed by atoms with van der Waals surface area (Å²) in [6.07, 6.45) is 5.95. The summed E-state index contributed by atoms with van der Waals surface area (Å²) in [6.45, 7) is 4.60. The second-order valence-corrected chi connectivity index (χ2v) is 6.46. The molecule has 0 spiro atoms. The highest BCUT2D eigenvalue weighted by Crippen LogP contribution is 2.21. The number of ether oxygens (including phenoxy) is 1. The molecule has 6 heteroatoms. The number of aromatic nitrogens is 2. The van der Waals surface area contributed by atoms with Gasteiger partial charge in [0.05, 0.1) is 16.6 Å². The third-order valence-corrected chi connectivity index (χ3v) is 4.36. The van der Waals surface area contributed by atoms with E-state index in [1.807, 2.05) is 36.4 Å². The summed E-state index contributed by atoms with van der Waals surface area (Å²) < 4.78 is 6.49. The summed E-state index contributed by atoms with van der Waals surface area (Å²) in [4.78, 5) is 21.0. The van der Waals surface area contributed by atoms with Crippen molar-refractivity contribution in [2.24, 2.45) is 0 Å². The van der Waals surface area contributed by atoms with Gasteiger partial charge in [-0.3, -0.25) is 9.78 Å². The van der Waals surface area contributed by atoms with Gasteiger partial charge in [-0.1, -0.05) is 24.3 Å². The molecule has 1 N–H and O–H groups in total. The molecule has 0 bridgehead atoms. The summed E-state index contributed by atoms with van der Waals surface area (Å²) in [6, 6.07) is 11.2. The van der Waals surface area contributed by atoms with Gasteiger partial charge in [0.1, 0.15) is 11.4 Å². The van der Waals surface area contributed by atoms with Gasteiger partial charge in [0.15, 0.2) is 0 Å². The van der Waals surface area contributed by atoms with Crippen LogP contribution >= 0.6 is 15.9 Å². The van der Waals surface area contributed by atoms with Crippen LogP contribution in [0.1, 0.15) is 22.5 Å². The number of nitrogens with one attached hydrogen (secondary N) is 1. The Labute approximate surface area is 160 Å². The molecule has 3 aromatic rings. The van der Waals surface area contributed by atoms with Crippen LogP contribution in [-0.2, 0) is 6.54 Å². The molecule has 132 valence electrons. The molecular formula is C20H18BrN3O2. The lowest BCUT2D eigenvalue weighted by atomic mass is 10.2. The van der Waals surface area contributed by atoms with Crippen molar-refractivity contribution in [3.63, 3.8) is 0 Å². The Morgan fingerprint density at radius 3 is 2.92 bits per heavy atom. The zero-order chi connectivity index (χ0) is 18.4. The fourth-order valence-electron chi connectivity index (χ4n) is 2.44. The van der Waals surface area contributed by atoms with Gasteiger partial charge >= 0.3 is 0 Å². The van der Waals surface area contributed by atoms with Crippen LogP contribution in [-0.4, -0.2) is 22.5 Å². The third kappa shape index (κ3) is 4.26. The molecule has 0 atom stereocenters. The second-order valence-electron chi connectivity index (χ2n) is 5.61. The Morgan fingerprint density at radius 1 is 1.23 bits per heavy atom. The van der Waals surface area contributed by atoms with E-state index in [2.05, 4.69) is 37.8 Å². The standard InChI is InChI=1S/C20H18BrN3O2/c1-2-3-10-26-18-7-5-4-6-14(18)12-23-20(25)17-9-8-15-11-22-13-16(21)19(15)24-17/h2,4-9,11,13H,1,3,10,12H2,(H,23,25). The van der Waals surface area contributed by atoms with Crippen molar-refractivity contribution in [1.82, 2.24) is 15.3 Å². The molecule has 2 aromatic heterocycles. The first-order valence-electron chi connectivity index (χ1n) is 8.19. The van der Waals surface area contributed by atoms with Gasteiger partial charge in [0.25, 0.3) is 5.91 Å². The number of carbonyl (C=O) groups is 1. The summed E-state index contributed by atoms with van der Waals surface area (Å²) in [5.74, 6) is 0.520. The van der Waals surface area contributed by atoms with Crippen molar-refractivity contribution in [3.8, 4) is 5.75 Å². The quantitative estimate of drug-likeness (QED) is 0.465. The zero-order valence-corrected chi connectivity index (χ0v) is 15.7. The van der Waals surface area contributed by atoms with Crippen molar-refractivity contribution in [3.05, 3.63) is 77.2 Å². The number of rotatable bonds is 7. The number of carbonyl (C=O) groups excluding carboxylic acids is 1. The Morgan fingerprint density at radius 2 is 2.08 bits per heavy atom. The smallest absolute Gasteiger partial charge is 0.270 e. The van der Waals surface area contributed by atoms with E-state index in [0.717, 1.165) is 27.6 Å². The average molecular weight is 412 g/mol. The first-order chi connectivity index (χ1) is 12.7. The van der Waals surface area contributed by atoms with Crippen molar-refractivity contribution in [2.45, 2.75) is 13.0 Å². The topological polar surface area (TPSA) is 64.1 Å². The summed E-state index contributed by atoms with van der Waals surface area (Å²) in [7, 11) is 0. The molecule has 2 heterocycles. The molecule has 1 amide bonds. The molecular weight excluding hydrogens is 394 g/mol. The summed E-state index contributed by atoms with van der Waals surface area (Å²) in [5, 5.41) is 3.77. The van der Waals surface area contributed by atoms with Crippen molar-refractivity contribution >= 4 is 32.7 Å². The lowest BCUT2D eigenvalue weighted by Crippen LogP contribution is -2.24. The number of hydrogen-bond donors (Lipinski definition) is 1. The van der Waals surface area contributed by atoms with Crippen molar-refractivity contribution in [1.29, 1.82) is 0 Å². The molecule has 0 saturated heterocycles. The maximum atomic E-state index is 12.5. The molecule has 5 nitrogen and oxygen atoms in total. The van der Waals surface area contributed by atoms with Crippen LogP contribution in [0.4, 0.5) is 0 Å². The third-order valence-electron chi connectivity index (χ3n) is 3.78. The molecule has 0 unspecified atom stereocenters. The molecule has 0 aliphatic carbocycles. The zero-order valence-electron chi connectivity index (χ0n) is 14.1. The van der Waals surface area contributed by atoms with E-state index in [1.165, 1.54) is 0 Å². The molecule has 1 aromatic carbocycles. The van der Waals surface area contributed by atoms with Gasteiger partial charge in [-0.15, -0.1) is 6.58 Å². The largest absolute Gasteiger partial charge is 0.493 e. The predicted octanol–water partition coefficient (Wildman–Crippen LogP) is 4.28. The van der Waals surface area contributed by atoms with E-state index in [0.29, 0.717) is 24.4 Å². The van der Waals surface area contributed by atoms with Gasteiger partial charge in [-0.2, -0.15) is 0 Å². The minimum Gasteiger partial charge on any atom is -0.493 e. The number of halogens is 1. The van der Waals surface area contributed by atoms with Crippen LogP contribution in [0.2, 0.25) is 0 Å². The predicted molar refractivity (Wildman–Crippen MR) is 105 cm³/mol. The molecule has 26 heavy (non-hydrogen) atoms. The summed E-state index contributed by atoms with van der Waals surface area (Å²) >= 11 is 3.42. The maximum Gasteiger partial charge on any atom is 0.270 e. The van der Waals surface area contributed by atoms with E-state index in [-0.39, 0.29) is 5.91 Å². The van der Waals surface area contributed by atoms with E-state index in [4.69, 9.17) is 4.74 Å². The van der Waals surface area contributed by atoms with Crippen LogP contribution in [0.15, 0.2) is 65.9 Å². The number of pyridine rings is 2. The molecule has 0 fully saturated rings. The highest BCUT2D eigenvalue weighted by atomic mass is 79.9. The highest BCUT2D eigenvalue weighted by Gasteiger charge is 2.11. The Hall–Kier alpha value is -2.73. The number of para-hydroxylation sites is 1. The number of hydrogen-bond acceptors (Lipinski definition) is 4. The van der Waals surface area contributed by atoms with E-state index >= 15 is 0 Å². The minimum absolute atomic E-state index is 0.239. The number of benzene rings is 1. The van der Waals surface area contributed by atoms with Gasteiger partial charge in [0, 0.05) is 29.9 Å². The molecule has 0 saturated carbocycles. The van der Waals surface area contributed by atoms with Gasteiger partial charge in [-0.25, -0.2) is 4.98 Å². The normalized spacial score (nSPS) is 10.5. The fourth-order valence-corrected chi connectivity index (χ4v) is 2.88. The second kappa shape index (κ2) is 8.58. The summed E-state index contributed by atoms with van der Waals surface area (Å²) in [5.41, 5.74) is 1.98. The Kier molecular flexibility index (Phi) is 5.96. The minimum atomic E-state index is -0.239. The van der Waals surface area contributed by atoms with Crippen molar-refractivity contribution < 1.29 is 9.53 Å². The molecule has 0 aliphatic rings. The lowest BCUT2D eigenvalue weighted by molar-refractivity contribution is 0.0946. The fraction of sp³-hybridized carbons (Fsp3) is 0.150. The van der Waals surface area contributed by atoms with Crippen LogP contribution in [0.25, 0.3) is 10.9 Å². The van der Waals surface area contributed by atoms with E-state index in [9.17, 15) is 4.79 Å². The lowest BCUT2D eigenvalue weighted by Gasteiger charge is -2.12. The number of amides is 1. The molecule has 0 aliphatic heterocycles. The monoisotopic (exact) mass is 411 g/mol. The Bertz CT molecular complexity index is 943. The van der Waals surface area contributed by atoms with Gasteiger partial charge in [-0.05, 0) is 40.5 Å². The Balaban J connectivity index is 1.71. The first kappa shape index (κ1) is 18.1. The van der Waals surface area contributed by atoms with Gasteiger partial charge < -0.3 is 10.1 Å². The van der Waals surface area contributed by atoms with Crippen LogP contribution in [0.3, 0.4) is 0 Å². The van der Waals surface area contributed by atoms with E-state index < -0.39 is 0 Å². The van der Waals surface area contributed by atoms with Crippen LogP contribution in [0.5, 0.6) is 5.75 Å². The van der Waals surface area contributed by atoms with Crippen molar-refractivity contribution in [2.75, 3.05) is 6.61 Å². The first-order valence-corrected chi connectivity index (χ1v) is 8.98. The number of nitrogens with zero attached hydrogens (tertiary/aromatic N) is 2. The average Bonchev–Trinajstić information content (AvgIpc) is 2.67. The highest BCUT2D eigenvalue weighted by molar-refractivity contribution is 9.10. The number of fused-ring (bicyclic) bond motifs is 1. The van der Waals surface area contributed by atoms with Crippen LogP contribution < -0.4 is 10.1 Å². The van der Waals surface area contributed by atoms with Crippen LogP contribution in [0, 0.1) is 0 Å². The SMILES string of the molecule is C=CCCOc1ccccc1CNC(=O)c1ccc2cncc(Br)c2n1. The maximum absolute atomic E-state index is 12.5. The molecule has 0 radical (unpaired) electrons. The van der Waals surface area contributed by atoms with Gasteiger partial charge in [0.2, 0.25) is 0 Å². The van der Waals surface area contributed by atoms with E-state index in [1.54, 1.807) is 18.5 Å².